The zero-order chi connectivity index (χ0) is 14.9. The minimum absolute atomic E-state index is 0.0261. The summed E-state index contributed by atoms with van der Waals surface area (Å²) in [7, 11) is 0. The molecule has 0 aliphatic carbocycles. The minimum Gasteiger partial charge on any atom is -0.357 e. The van der Waals surface area contributed by atoms with Crippen molar-refractivity contribution in [3.05, 3.63) is 43.5 Å². The quantitative estimate of drug-likeness (QED) is 0.688. The number of aryl methyl sites for hydroxylation is 3. The van der Waals surface area contributed by atoms with E-state index in [9.17, 15) is 10.1 Å². The van der Waals surface area contributed by atoms with Crippen LogP contribution in [0.3, 0.4) is 0 Å². The fourth-order valence-electron chi connectivity index (χ4n) is 2.11. The number of thiazole rings is 1. The van der Waals surface area contributed by atoms with E-state index in [0.717, 1.165) is 15.6 Å². The third-order valence-electron chi connectivity index (χ3n) is 2.99. The van der Waals surface area contributed by atoms with Crippen LogP contribution in [0.2, 0.25) is 0 Å². The molecule has 0 aliphatic heterocycles. The molecule has 6 nitrogen and oxygen atoms in total. The van der Waals surface area contributed by atoms with Crippen LogP contribution in [-0.4, -0.2) is 14.9 Å². The Bertz CT molecular complexity index is 654. The van der Waals surface area contributed by atoms with Crippen LogP contribution in [0.1, 0.15) is 34.1 Å². The van der Waals surface area contributed by atoms with Gasteiger partial charge in [0, 0.05) is 16.6 Å². The second-order valence-corrected chi connectivity index (χ2v) is 5.87. The average Bonchev–Trinajstić information content (AvgIpc) is 2.68. The van der Waals surface area contributed by atoms with Crippen LogP contribution in [0.5, 0.6) is 0 Å². The topological polar surface area (TPSA) is 81.0 Å². The van der Waals surface area contributed by atoms with Crippen molar-refractivity contribution < 1.29 is 4.92 Å². The van der Waals surface area contributed by atoms with Gasteiger partial charge in [-0.3, -0.25) is 10.1 Å². The van der Waals surface area contributed by atoms with Crippen molar-refractivity contribution in [3.8, 4) is 0 Å². The number of pyridine rings is 1. The van der Waals surface area contributed by atoms with Gasteiger partial charge in [0.25, 0.3) is 0 Å². The maximum Gasteiger partial charge on any atom is 0.314 e. The van der Waals surface area contributed by atoms with Crippen molar-refractivity contribution in [2.24, 2.45) is 0 Å². The zero-order valence-electron chi connectivity index (χ0n) is 11.8. The summed E-state index contributed by atoms with van der Waals surface area (Å²) in [5, 5.41) is 15.3. The molecule has 20 heavy (non-hydrogen) atoms. The molecule has 1 atom stereocenters. The molecule has 0 aliphatic rings. The lowest BCUT2D eigenvalue weighted by molar-refractivity contribution is -0.384. The second-order valence-electron chi connectivity index (χ2n) is 4.63. The molecule has 0 fully saturated rings. The summed E-state index contributed by atoms with van der Waals surface area (Å²) in [6.07, 6.45) is 1.57. The molecule has 7 heteroatoms. The van der Waals surface area contributed by atoms with Crippen LogP contribution in [-0.2, 0) is 0 Å². The Kier molecular flexibility index (Phi) is 3.99. The van der Waals surface area contributed by atoms with E-state index in [4.69, 9.17) is 0 Å². The van der Waals surface area contributed by atoms with E-state index in [2.05, 4.69) is 15.3 Å². The van der Waals surface area contributed by atoms with E-state index in [1.165, 1.54) is 0 Å². The summed E-state index contributed by atoms with van der Waals surface area (Å²) >= 11 is 1.59. The molecule has 0 bridgehead atoms. The van der Waals surface area contributed by atoms with Crippen LogP contribution >= 0.6 is 11.3 Å². The average molecular weight is 292 g/mol. The predicted molar refractivity (Wildman–Crippen MR) is 79.3 cm³/mol. The van der Waals surface area contributed by atoms with Crippen LogP contribution in [0.4, 0.5) is 11.5 Å². The fraction of sp³-hybridized carbons (Fsp3) is 0.385. The van der Waals surface area contributed by atoms with Crippen molar-refractivity contribution in [1.29, 1.82) is 0 Å². The van der Waals surface area contributed by atoms with Gasteiger partial charge in [-0.2, -0.15) is 0 Å². The Morgan fingerprint density at radius 1 is 1.40 bits per heavy atom. The largest absolute Gasteiger partial charge is 0.357 e. The van der Waals surface area contributed by atoms with Crippen molar-refractivity contribution >= 4 is 22.8 Å². The first-order chi connectivity index (χ1) is 9.40. The van der Waals surface area contributed by atoms with Gasteiger partial charge in [-0.05, 0) is 33.8 Å². The molecule has 0 spiro atoms. The van der Waals surface area contributed by atoms with Crippen LogP contribution < -0.4 is 5.32 Å². The summed E-state index contributed by atoms with van der Waals surface area (Å²) in [6.45, 7) is 7.54. The minimum atomic E-state index is -0.401. The van der Waals surface area contributed by atoms with Crippen molar-refractivity contribution in [2.45, 2.75) is 33.7 Å². The van der Waals surface area contributed by atoms with E-state index in [0.29, 0.717) is 11.4 Å². The normalized spacial score (nSPS) is 12.2. The third-order valence-corrected chi connectivity index (χ3v) is 4.25. The smallest absolute Gasteiger partial charge is 0.314 e. The van der Waals surface area contributed by atoms with E-state index < -0.39 is 4.92 Å². The summed E-state index contributed by atoms with van der Waals surface area (Å²) in [6, 6.07) is 1.56. The standard InChI is InChI=1S/C13H16N4O2S/c1-7-5-6-14-13(11(7)17(18)19)16-9(3)12-8(2)15-10(4)20-12/h5-6,9H,1-4H3,(H,14,16). The lowest BCUT2D eigenvalue weighted by Gasteiger charge is -2.14. The van der Waals surface area contributed by atoms with Gasteiger partial charge in [0.2, 0.25) is 5.82 Å². The first-order valence-electron chi connectivity index (χ1n) is 6.20. The number of hydrogen-bond donors (Lipinski definition) is 1. The Hall–Kier alpha value is -2.02. The molecule has 2 heterocycles. The van der Waals surface area contributed by atoms with Gasteiger partial charge in [-0.1, -0.05) is 0 Å². The Morgan fingerprint density at radius 3 is 2.65 bits per heavy atom. The van der Waals surface area contributed by atoms with Gasteiger partial charge in [0.1, 0.15) is 0 Å². The number of nitro groups is 1. The molecule has 0 saturated heterocycles. The van der Waals surface area contributed by atoms with Crippen molar-refractivity contribution in [3.63, 3.8) is 0 Å². The van der Waals surface area contributed by atoms with Gasteiger partial charge < -0.3 is 5.32 Å². The molecule has 1 N–H and O–H groups in total. The van der Waals surface area contributed by atoms with E-state index in [-0.39, 0.29) is 11.7 Å². The summed E-state index contributed by atoms with van der Waals surface area (Å²) < 4.78 is 0. The van der Waals surface area contributed by atoms with Gasteiger partial charge >= 0.3 is 5.69 Å². The molecule has 1 unspecified atom stereocenters. The van der Waals surface area contributed by atoms with Crippen LogP contribution in [0.25, 0.3) is 0 Å². The summed E-state index contributed by atoms with van der Waals surface area (Å²) in [4.78, 5) is 20.3. The molecule has 106 valence electrons. The fourth-order valence-corrected chi connectivity index (χ4v) is 3.04. The number of aromatic nitrogens is 2. The molecular formula is C13H16N4O2S. The molecule has 0 aromatic carbocycles. The first-order valence-corrected chi connectivity index (χ1v) is 7.02. The monoisotopic (exact) mass is 292 g/mol. The number of rotatable bonds is 4. The molecular weight excluding hydrogens is 276 g/mol. The Morgan fingerprint density at radius 2 is 2.10 bits per heavy atom. The maximum absolute atomic E-state index is 11.1. The highest BCUT2D eigenvalue weighted by Crippen LogP contribution is 2.31. The number of hydrogen-bond acceptors (Lipinski definition) is 6. The highest BCUT2D eigenvalue weighted by atomic mass is 32.1. The number of nitrogens with zero attached hydrogens (tertiary/aromatic N) is 3. The maximum atomic E-state index is 11.1. The van der Waals surface area contributed by atoms with Gasteiger partial charge in [0.05, 0.1) is 21.7 Å². The molecule has 0 saturated carbocycles. The van der Waals surface area contributed by atoms with Crippen molar-refractivity contribution in [1.82, 2.24) is 9.97 Å². The van der Waals surface area contributed by atoms with E-state index in [1.807, 2.05) is 20.8 Å². The SMILES string of the molecule is Cc1nc(C)c(C(C)Nc2nccc(C)c2[N+](=O)[O-])s1. The zero-order valence-corrected chi connectivity index (χ0v) is 12.6. The summed E-state index contributed by atoms with van der Waals surface area (Å²) in [5.74, 6) is 0.299. The summed E-state index contributed by atoms with van der Waals surface area (Å²) in [5.41, 5.74) is 1.57. The molecule has 2 rings (SSSR count). The lowest BCUT2D eigenvalue weighted by atomic mass is 10.2. The molecule has 2 aromatic rings. The molecule has 2 aromatic heterocycles. The molecule has 0 amide bonds. The van der Waals surface area contributed by atoms with Crippen LogP contribution in [0.15, 0.2) is 12.3 Å². The highest BCUT2D eigenvalue weighted by Gasteiger charge is 2.21. The van der Waals surface area contributed by atoms with Crippen molar-refractivity contribution in [2.75, 3.05) is 5.32 Å². The van der Waals surface area contributed by atoms with Gasteiger partial charge in [0.15, 0.2) is 0 Å². The number of anilines is 1. The highest BCUT2D eigenvalue weighted by molar-refractivity contribution is 7.11. The molecule has 0 radical (unpaired) electrons. The van der Waals surface area contributed by atoms with E-state index in [1.54, 1.807) is 30.5 Å². The number of nitrogens with one attached hydrogen (secondary N) is 1. The van der Waals surface area contributed by atoms with Gasteiger partial charge in [-0.15, -0.1) is 11.3 Å². The van der Waals surface area contributed by atoms with Crippen LogP contribution in [0, 0.1) is 30.9 Å². The predicted octanol–water partition coefficient (Wildman–Crippen LogP) is 3.54. The lowest BCUT2D eigenvalue weighted by Crippen LogP contribution is -2.10. The third kappa shape index (κ3) is 2.77. The first kappa shape index (κ1) is 14.4. The van der Waals surface area contributed by atoms with E-state index >= 15 is 0 Å². The second kappa shape index (κ2) is 5.54. The Balaban J connectivity index is 2.33. The Labute approximate surface area is 121 Å². The van der Waals surface area contributed by atoms with Gasteiger partial charge in [-0.25, -0.2) is 9.97 Å².